The van der Waals surface area contributed by atoms with Crippen LogP contribution in [0.25, 0.3) is 16.9 Å². The highest BCUT2D eigenvalue weighted by Gasteiger charge is 2.38. The van der Waals surface area contributed by atoms with E-state index in [1.165, 1.54) is 36.2 Å². The summed E-state index contributed by atoms with van der Waals surface area (Å²) in [7, 11) is 1.42. The van der Waals surface area contributed by atoms with E-state index in [1.54, 1.807) is 12.1 Å². The van der Waals surface area contributed by atoms with Crippen molar-refractivity contribution < 1.29 is 27.9 Å². The molecule has 1 saturated heterocycles. The molecule has 2 atom stereocenters. The largest absolute Gasteiger partial charge is 0.435 e. The van der Waals surface area contributed by atoms with E-state index < -0.39 is 24.0 Å². The van der Waals surface area contributed by atoms with E-state index in [2.05, 4.69) is 36.3 Å². The molecule has 0 aliphatic carbocycles. The molecule has 1 aliphatic rings. The first-order valence-electron chi connectivity index (χ1n) is 13.9. The second kappa shape index (κ2) is 12.4. The van der Waals surface area contributed by atoms with Crippen molar-refractivity contribution in [1.29, 1.82) is 0 Å². The Bertz CT molecular complexity index is 1630. The number of halogens is 3. The number of alkyl halides is 3. The van der Waals surface area contributed by atoms with E-state index in [9.17, 15) is 27.9 Å². The van der Waals surface area contributed by atoms with Gasteiger partial charge in [0, 0.05) is 56.5 Å². The van der Waals surface area contributed by atoms with Gasteiger partial charge in [0.05, 0.1) is 29.6 Å². The first kappa shape index (κ1) is 30.0. The summed E-state index contributed by atoms with van der Waals surface area (Å²) >= 11 is 0. The van der Waals surface area contributed by atoms with Gasteiger partial charge in [0.2, 0.25) is 5.91 Å². The van der Waals surface area contributed by atoms with Gasteiger partial charge < -0.3 is 26.4 Å². The van der Waals surface area contributed by atoms with Crippen LogP contribution < -0.4 is 21.3 Å². The number of β-amino-alcohol motifs (C(OH)–C–C–N with tert-alkyl or cyclic N) is 1. The number of rotatable bonds is 10. The van der Waals surface area contributed by atoms with Crippen molar-refractivity contribution in [2.24, 2.45) is 7.05 Å². The lowest BCUT2D eigenvalue weighted by Gasteiger charge is -2.13. The van der Waals surface area contributed by atoms with Crippen LogP contribution >= 0.6 is 0 Å². The van der Waals surface area contributed by atoms with E-state index in [1.807, 2.05) is 13.0 Å². The van der Waals surface area contributed by atoms with Crippen molar-refractivity contribution in [3.8, 4) is 11.3 Å². The molecule has 4 heterocycles. The number of aliphatic hydroxyl groups is 1. The Morgan fingerprint density at radius 3 is 2.70 bits per heavy atom. The first-order valence-corrected chi connectivity index (χ1v) is 13.9. The molecular formula is C28H32F3N9O3. The third kappa shape index (κ3) is 6.62. The van der Waals surface area contributed by atoms with Gasteiger partial charge in [0.25, 0.3) is 5.91 Å². The van der Waals surface area contributed by atoms with Gasteiger partial charge in [-0.3, -0.25) is 18.7 Å². The van der Waals surface area contributed by atoms with Gasteiger partial charge in [-0.15, -0.1) is 0 Å². The van der Waals surface area contributed by atoms with Crippen LogP contribution in [-0.2, 0) is 24.4 Å². The van der Waals surface area contributed by atoms with E-state index in [0.29, 0.717) is 61.6 Å². The zero-order chi connectivity index (χ0) is 30.7. The van der Waals surface area contributed by atoms with Gasteiger partial charge in [0.1, 0.15) is 0 Å². The van der Waals surface area contributed by atoms with Crippen molar-refractivity contribution in [1.82, 2.24) is 40.1 Å². The first-order chi connectivity index (χ1) is 20.5. The molecule has 5 rings (SSSR count). The Morgan fingerprint density at radius 1 is 1.19 bits per heavy atom. The molecule has 4 aromatic rings. The van der Waals surface area contributed by atoms with E-state index in [-0.39, 0.29) is 23.1 Å². The lowest BCUT2D eigenvalue weighted by atomic mass is 10.0. The standard InChI is InChI=1S/C28H32F3N9O3/c1-3-16-11-17(5-6-19(16)26(42)33-7-4-8-34-27(43)21-12-18(41)13-35-21)37-24-25-36-14-22(40(25)10-9-32-24)20-15-39(2)38-23(20)28(29,30)31/h5-6,9-11,14-15,18,21,35,41H,3-4,7-8,12-13H2,1-2H3,(H,32,37)(H,33,42)(H,34,43)/t18-,21+/m1/s1. The molecular weight excluding hydrogens is 567 g/mol. The summed E-state index contributed by atoms with van der Waals surface area (Å²) in [6, 6.07) is 4.83. The average molecular weight is 600 g/mol. The van der Waals surface area contributed by atoms with Crippen molar-refractivity contribution >= 4 is 29.0 Å². The molecule has 0 bridgehead atoms. The van der Waals surface area contributed by atoms with E-state index in [4.69, 9.17) is 0 Å². The second-order valence-corrected chi connectivity index (χ2v) is 10.3. The molecule has 228 valence electrons. The zero-order valence-electron chi connectivity index (χ0n) is 23.6. The normalized spacial score (nSPS) is 16.9. The summed E-state index contributed by atoms with van der Waals surface area (Å²) in [5.41, 5.74) is 1.35. The molecule has 0 unspecified atom stereocenters. The minimum Gasteiger partial charge on any atom is -0.392 e. The highest BCUT2D eigenvalue weighted by molar-refractivity contribution is 5.96. The van der Waals surface area contributed by atoms with Crippen LogP contribution in [0.15, 0.2) is 43.0 Å². The summed E-state index contributed by atoms with van der Waals surface area (Å²) < 4.78 is 43.4. The third-order valence-corrected chi connectivity index (χ3v) is 7.16. The van der Waals surface area contributed by atoms with Crippen molar-refractivity contribution in [2.75, 3.05) is 25.0 Å². The highest BCUT2D eigenvalue weighted by atomic mass is 19.4. The number of hydrogen-bond donors (Lipinski definition) is 5. The quantitative estimate of drug-likeness (QED) is 0.175. The molecule has 43 heavy (non-hydrogen) atoms. The van der Waals surface area contributed by atoms with Crippen molar-refractivity contribution in [3.05, 3.63) is 59.8 Å². The highest BCUT2D eigenvalue weighted by Crippen LogP contribution is 2.36. The van der Waals surface area contributed by atoms with Crippen LogP contribution in [0.1, 0.15) is 41.4 Å². The number of benzene rings is 1. The molecule has 1 fully saturated rings. The number of anilines is 2. The molecule has 3 aromatic heterocycles. The van der Waals surface area contributed by atoms with Crippen LogP contribution in [0.4, 0.5) is 24.7 Å². The van der Waals surface area contributed by atoms with Gasteiger partial charge in [-0.2, -0.15) is 18.3 Å². The van der Waals surface area contributed by atoms with Crippen LogP contribution in [0.5, 0.6) is 0 Å². The van der Waals surface area contributed by atoms with Gasteiger partial charge >= 0.3 is 6.18 Å². The zero-order valence-corrected chi connectivity index (χ0v) is 23.6. The fourth-order valence-electron chi connectivity index (χ4n) is 5.05. The third-order valence-electron chi connectivity index (χ3n) is 7.16. The maximum absolute atomic E-state index is 13.6. The number of amides is 2. The number of nitrogens with one attached hydrogen (secondary N) is 4. The van der Waals surface area contributed by atoms with Gasteiger partial charge in [-0.1, -0.05) is 6.92 Å². The summed E-state index contributed by atoms with van der Waals surface area (Å²) in [6.07, 6.45) is 1.99. The number of aliphatic hydroxyl groups excluding tert-OH is 1. The fourth-order valence-corrected chi connectivity index (χ4v) is 5.05. The summed E-state index contributed by atoms with van der Waals surface area (Å²) in [5, 5.41) is 24.9. The number of aryl methyl sites for hydroxylation is 2. The maximum atomic E-state index is 13.6. The molecule has 1 aliphatic heterocycles. The van der Waals surface area contributed by atoms with Gasteiger partial charge in [0.15, 0.2) is 17.2 Å². The SMILES string of the molecule is CCc1cc(Nc2nccn3c(-c4cn(C)nc4C(F)(F)F)cnc23)ccc1C(=O)NCCCNC(=O)[C@@H]1C[C@@H](O)CN1. The minimum absolute atomic E-state index is 0.101. The summed E-state index contributed by atoms with van der Waals surface area (Å²) in [5.74, 6) is -0.0840. The Kier molecular flexibility index (Phi) is 8.64. The Labute approximate surface area is 244 Å². The molecule has 1 aromatic carbocycles. The van der Waals surface area contributed by atoms with Crippen LogP contribution in [0.2, 0.25) is 0 Å². The number of fused-ring (bicyclic) bond motifs is 1. The Balaban J connectivity index is 1.24. The maximum Gasteiger partial charge on any atom is 0.435 e. The monoisotopic (exact) mass is 599 g/mol. The van der Waals surface area contributed by atoms with Crippen LogP contribution in [0.3, 0.4) is 0 Å². The number of nitrogens with zero attached hydrogens (tertiary/aromatic N) is 5. The van der Waals surface area contributed by atoms with E-state index in [0.717, 1.165) is 10.2 Å². The van der Waals surface area contributed by atoms with Crippen LogP contribution in [0, 0.1) is 0 Å². The number of aromatic nitrogens is 5. The predicted molar refractivity (Wildman–Crippen MR) is 152 cm³/mol. The fraction of sp³-hybridized carbons (Fsp3) is 0.393. The number of carbonyl (C=O) groups is 2. The predicted octanol–water partition coefficient (Wildman–Crippen LogP) is 2.41. The molecule has 0 spiro atoms. The Hall–Kier alpha value is -4.50. The van der Waals surface area contributed by atoms with Gasteiger partial charge in [-0.25, -0.2) is 9.97 Å². The molecule has 0 saturated carbocycles. The topological polar surface area (TPSA) is 150 Å². The second-order valence-electron chi connectivity index (χ2n) is 10.3. The van der Waals surface area contributed by atoms with Crippen molar-refractivity contribution in [2.45, 2.75) is 44.5 Å². The minimum atomic E-state index is -4.63. The number of hydrogen-bond acceptors (Lipinski definition) is 8. The average Bonchev–Trinajstić information content (AvgIpc) is 3.70. The van der Waals surface area contributed by atoms with Crippen molar-refractivity contribution in [3.63, 3.8) is 0 Å². The Morgan fingerprint density at radius 2 is 1.98 bits per heavy atom. The lowest BCUT2D eigenvalue weighted by Crippen LogP contribution is -2.41. The molecule has 15 heteroatoms. The van der Waals surface area contributed by atoms with Gasteiger partial charge in [-0.05, 0) is 43.0 Å². The molecule has 2 amide bonds. The molecule has 5 N–H and O–H groups in total. The summed E-state index contributed by atoms with van der Waals surface area (Å²) in [4.78, 5) is 33.7. The lowest BCUT2D eigenvalue weighted by molar-refractivity contribution is -0.141. The molecule has 12 nitrogen and oxygen atoms in total. The molecule has 0 radical (unpaired) electrons. The summed E-state index contributed by atoms with van der Waals surface area (Å²) in [6.45, 7) is 3.08. The van der Waals surface area contributed by atoms with Crippen LogP contribution in [-0.4, -0.2) is 72.9 Å². The smallest absolute Gasteiger partial charge is 0.392 e. The number of carbonyl (C=O) groups excluding carboxylic acids is 2. The van der Waals surface area contributed by atoms with E-state index >= 15 is 0 Å². The number of imidazole rings is 1.